The number of hydrogen-bond donors (Lipinski definition) is 2. The molecule has 0 bridgehead atoms. The van der Waals surface area contributed by atoms with E-state index in [0.717, 1.165) is 21.7 Å². The minimum absolute atomic E-state index is 0.0968. The topological polar surface area (TPSA) is 84.5 Å². The molecule has 1 aliphatic rings. The van der Waals surface area contributed by atoms with E-state index in [1.165, 1.54) is 18.7 Å². The number of benzene rings is 2. The Morgan fingerprint density at radius 1 is 1.18 bits per heavy atom. The Morgan fingerprint density at radius 3 is 2.64 bits per heavy atom. The van der Waals surface area contributed by atoms with Crippen LogP contribution in [0.3, 0.4) is 0 Å². The van der Waals surface area contributed by atoms with Crippen LogP contribution in [0, 0.1) is 6.92 Å². The van der Waals surface area contributed by atoms with Gasteiger partial charge in [0, 0.05) is 11.4 Å². The number of anilines is 1. The van der Waals surface area contributed by atoms with Gasteiger partial charge in [0.1, 0.15) is 0 Å². The number of esters is 1. The second kappa shape index (κ2) is 8.93. The lowest BCUT2D eigenvalue weighted by atomic mass is 10.1. The quantitative estimate of drug-likeness (QED) is 0.731. The number of para-hydroxylation sites is 1. The molecule has 3 rings (SSSR count). The molecule has 0 spiro atoms. The SMILES string of the molecule is Cc1ccc(CNC(=O)[C@@H](C)OC(=O)C[C@H]2Sc3ccccc3NC2=O)cc1. The van der Waals surface area contributed by atoms with Gasteiger partial charge in [-0.2, -0.15) is 0 Å². The van der Waals surface area contributed by atoms with E-state index in [-0.39, 0.29) is 18.2 Å². The number of aryl methyl sites for hydroxylation is 1. The van der Waals surface area contributed by atoms with Gasteiger partial charge in [-0.15, -0.1) is 11.8 Å². The minimum atomic E-state index is -0.929. The maximum Gasteiger partial charge on any atom is 0.308 e. The van der Waals surface area contributed by atoms with Crippen LogP contribution < -0.4 is 10.6 Å². The van der Waals surface area contributed by atoms with Crippen molar-refractivity contribution in [1.82, 2.24) is 5.32 Å². The Morgan fingerprint density at radius 2 is 1.89 bits per heavy atom. The molecular weight excluding hydrogens is 376 g/mol. The Kier molecular flexibility index (Phi) is 6.36. The van der Waals surface area contributed by atoms with E-state index in [1.807, 2.05) is 55.5 Å². The number of carbonyl (C=O) groups is 3. The van der Waals surface area contributed by atoms with Gasteiger partial charge < -0.3 is 15.4 Å². The van der Waals surface area contributed by atoms with Gasteiger partial charge >= 0.3 is 5.97 Å². The summed E-state index contributed by atoms with van der Waals surface area (Å²) in [6.45, 7) is 3.87. The molecule has 0 aliphatic carbocycles. The van der Waals surface area contributed by atoms with Gasteiger partial charge in [0.2, 0.25) is 5.91 Å². The second-order valence-electron chi connectivity index (χ2n) is 6.63. The summed E-state index contributed by atoms with van der Waals surface area (Å²) in [5, 5.41) is 4.96. The number of hydrogen-bond acceptors (Lipinski definition) is 5. The fourth-order valence-corrected chi connectivity index (χ4v) is 3.81. The van der Waals surface area contributed by atoms with Gasteiger partial charge in [0.05, 0.1) is 17.4 Å². The normalized spacial score (nSPS) is 16.5. The van der Waals surface area contributed by atoms with Crippen molar-refractivity contribution in [2.24, 2.45) is 0 Å². The summed E-state index contributed by atoms with van der Waals surface area (Å²) in [7, 11) is 0. The van der Waals surface area contributed by atoms with Gasteiger partial charge in [-0.05, 0) is 31.5 Å². The molecule has 146 valence electrons. The smallest absolute Gasteiger partial charge is 0.308 e. The molecule has 2 amide bonds. The maximum absolute atomic E-state index is 12.2. The van der Waals surface area contributed by atoms with Crippen LogP contribution in [0.15, 0.2) is 53.4 Å². The summed E-state index contributed by atoms with van der Waals surface area (Å²) in [6.07, 6.45) is -1.03. The monoisotopic (exact) mass is 398 g/mol. The molecule has 1 heterocycles. The molecule has 0 unspecified atom stereocenters. The van der Waals surface area contributed by atoms with Crippen LogP contribution in [-0.4, -0.2) is 29.1 Å². The van der Waals surface area contributed by atoms with Crippen molar-refractivity contribution in [1.29, 1.82) is 0 Å². The molecule has 0 fully saturated rings. The third kappa shape index (κ3) is 5.13. The number of ether oxygens (including phenoxy) is 1. The lowest BCUT2D eigenvalue weighted by molar-refractivity contribution is -0.155. The van der Waals surface area contributed by atoms with Crippen LogP contribution in [0.5, 0.6) is 0 Å². The van der Waals surface area contributed by atoms with E-state index in [2.05, 4.69) is 10.6 Å². The molecule has 6 nitrogen and oxygen atoms in total. The molecule has 28 heavy (non-hydrogen) atoms. The van der Waals surface area contributed by atoms with Gasteiger partial charge in [-0.3, -0.25) is 14.4 Å². The van der Waals surface area contributed by atoms with E-state index in [1.54, 1.807) is 0 Å². The van der Waals surface area contributed by atoms with Crippen molar-refractivity contribution in [3.63, 3.8) is 0 Å². The lowest BCUT2D eigenvalue weighted by Crippen LogP contribution is -2.37. The van der Waals surface area contributed by atoms with Gasteiger partial charge in [0.15, 0.2) is 6.10 Å². The van der Waals surface area contributed by atoms with Crippen molar-refractivity contribution < 1.29 is 19.1 Å². The van der Waals surface area contributed by atoms with Crippen LogP contribution in [0.25, 0.3) is 0 Å². The molecule has 0 radical (unpaired) electrons. The molecule has 0 saturated carbocycles. The fourth-order valence-electron chi connectivity index (χ4n) is 2.72. The second-order valence-corrected chi connectivity index (χ2v) is 7.88. The Bertz CT molecular complexity index is 882. The standard InChI is InChI=1S/C21H22N2O4S/c1-13-7-9-15(10-8-13)12-22-20(25)14(2)27-19(24)11-18-21(26)23-16-5-3-4-6-17(16)28-18/h3-10,14,18H,11-12H2,1-2H3,(H,22,25)(H,23,26)/t14-,18-/m1/s1. The molecule has 2 N–H and O–H groups in total. The summed E-state index contributed by atoms with van der Waals surface area (Å²) in [5.74, 6) is -1.19. The summed E-state index contributed by atoms with van der Waals surface area (Å²) < 4.78 is 5.21. The lowest BCUT2D eigenvalue weighted by Gasteiger charge is -2.23. The summed E-state index contributed by atoms with van der Waals surface area (Å²) in [6, 6.07) is 15.2. The number of thioether (sulfide) groups is 1. The molecular formula is C21H22N2O4S. The van der Waals surface area contributed by atoms with Crippen molar-refractivity contribution in [2.75, 3.05) is 5.32 Å². The third-order valence-corrected chi connectivity index (χ3v) is 5.60. The zero-order valence-electron chi connectivity index (χ0n) is 15.7. The van der Waals surface area contributed by atoms with E-state index >= 15 is 0 Å². The average Bonchev–Trinajstić information content (AvgIpc) is 2.67. The largest absolute Gasteiger partial charge is 0.453 e. The van der Waals surface area contributed by atoms with Gasteiger partial charge in [-0.25, -0.2) is 0 Å². The van der Waals surface area contributed by atoms with Crippen LogP contribution in [0.4, 0.5) is 5.69 Å². The van der Waals surface area contributed by atoms with E-state index in [4.69, 9.17) is 4.74 Å². The molecule has 7 heteroatoms. The van der Waals surface area contributed by atoms with Crippen molar-refractivity contribution in [3.8, 4) is 0 Å². The summed E-state index contributed by atoms with van der Waals surface area (Å²) >= 11 is 1.32. The first-order chi connectivity index (χ1) is 13.4. The predicted molar refractivity (Wildman–Crippen MR) is 108 cm³/mol. The highest BCUT2D eigenvalue weighted by Crippen LogP contribution is 2.36. The molecule has 2 atom stereocenters. The Labute approximate surface area is 168 Å². The first kappa shape index (κ1) is 19.9. The maximum atomic E-state index is 12.2. The van der Waals surface area contributed by atoms with E-state index in [9.17, 15) is 14.4 Å². The number of fused-ring (bicyclic) bond motifs is 1. The number of carbonyl (C=O) groups excluding carboxylic acids is 3. The summed E-state index contributed by atoms with van der Waals surface area (Å²) in [4.78, 5) is 37.4. The number of rotatable bonds is 6. The first-order valence-electron chi connectivity index (χ1n) is 9.01. The number of amides is 2. The highest BCUT2D eigenvalue weighted by Gasteiger charge is 2.30. The van der Waals surface area contributed by atoms with Crippen LogP contribution in [0.2, 0.25) is 0 Å². The van der Waals surface area contributed by atoms with Crippen molar-refractivity contribution in [3.05, 3.63) is 59.7 Å². The molecule has 0 saturated heterocycles. The Balaban J connectivity index is 1.48. The molecule has 1 aliphatic heterocycles. The predicted octanol–water partition coefficient (Wildman–Crippen LogP) is 3.05. The van der Waals surface area contributed by atoms with Gasteiger partial charge in [0.25, 0.3) is 5.91 Å². The molecule has 2 aromatic carbocycles. The fraction of sp³-hybridized carbons (Fsp3) is 0.286. The zero-order valence-corrected chi connectivity index (χ0v) is 16.5. The molecule has 0 aromatic heterocycles. The number of nitrogens with one attached hydrogen (secondary N) is 2. The zero-order chi connectivity index (χ0) is 20.1. The van der Waals surface area contributed by atoms with Crippen molar-refractivity contribution in [2.45, 2.75) is 43.1 Å². The third-order valence-electron chi connectivity index (χ3n) is 4.32. The van der Waals surface area contributed by atoms with Crippen LogP contribution in [0.1, 0.15) is 24.5 Å². The van der Waals surface area contributed by atoms with Crippen LogP contribution in [-0.2, 0) is 25.7 Å². The highest BCUT2D eigenvalue weighted by atomic mass is 32.2. The van der Waals surface area contributed by atoms with E-state index < -0.39 is 17.3 Å². The molecule has 2 aromatic rings. The van der Waals surface area contributed by atoms with E-state index in [0.29, 0.717) is 6.54 Å². The highest BCUT2D eigenvalue weighted by molar-refractivity contribution is 8.01. The average molecular weight is 398 g/mol. The van der Waals surface area contributed by atoms with Crippen molar-refractivity contribution >= 4 is 35.2 Å². The summed E-state index contributed by atoms with van der Waals surface area (Å²) in [5.41, 5.74) is 2.85. The Hall–Kier alpha value is -2.80. The van der Waals surface area contributed by atoms with Gasteiger partial charge in [-0.1, -0.05) is 42.0 Å². The van der Waals surface area contributed by atoms with Crippen LogP contribution >= 0.6 is 11.8 Å². The first-order valence-corrected chi connectivity index (χ1v) is 9.89. The minimum Gasteiger partial charge on any atom is -0.453 e.